The van der Waals surface area contributed by atoms with Crippen molar-refractivity contribution in [2.75, 3.05) is 22.8 Å². The minimum atomic E-state index is -3.46. The van der Waals surface area contributed by atoms with Crippen molar-refractivity contribution in [2.24, 2.45) is 0 Å². The van der Waals surface area contributed by atoms with Gasteiger partial charge in [0.2, 0.25) is 10.0 Å². The van der Waals surface area contributed by atoms with E-state index in [1.165, 1.54) is 6.20 Å². The van der Waals surface area contributed by atoms with Gasteiger partial charge in [-0.3, -0.25) is 4.72 Å². The van der Waals surface area contributed by atoms with E-state index in [4.69, 9.17) is 10.5 Å². The Labute approximate surface area is 100 Å². The number of nitrogen functional groups attached to an aromatic ring is 1. The van der Waals surface area contributed by atoms with Crippen molar-refractivity contribution >= 4 is 21.5 Å². The molecular formula is C10H15N3O3S. The van der Waals surface area contributed by atoms with Crippen molar-refractivity contribution in [1.82, 2.24) is 4.98 Å². The summed E-state index contributed by atoms with van der Waals surface area (Å²) in [5, 5.41) is 0. The van der Waals surface area contributed by atoms with Crippen LogP contribution >= 0.6 is 0 Å². The van der Waals surface area contributed by atoms with Crippen molar-refractivity contribution in [2.45, 2.75) is 18.9 Å². The molecule has 0 bridgehead atoms. The van der Waals surface area contributed by atoms with Crippen molar-refractivity contribution in [3.05, 3.63) is 18.3 Å². The largest absolute Gasteiger partial charge is 0.396 e. The fourth-order valence-corrected chi connectivity index (χ4v) is 3.01. The van der Waals surface area contributed by atoms with E-state index in [0.717, 1.165) is 12.8 Å². The summed E-state index contributed by atoms with van der Waals surface area (Å²) < 4.78 is 31.3. The SMILES string of the molecule is Nc1cccnc1NS(=O)(=O)CC1CCCO1. The first kappa shape index (κ1) is 12.1. The van der Waals surface area contributed by atoms with Crippen molar-refractivity contribution in [3.8, 4) is 0 Å². The molecule has 3 N–H and O–H groups in total. The molecule has 1 aromatic rings. The van der Waals surface area contributed by atoms with Crippen LogP contribution in [0.5, 0.6) is 0 Å². The molecule has 1 atom stereocenters. The summed E-state index contributed by atoms with van der Waals surface area (Å²) in [6.07, 6.45) is 2.95. The van der Waals surface area contributed by atoms with Gasteiger partial charge in [0.25, 0.3) is 0 Å². The molecule has 0 aliphatic carbocycles. The standard InChI is InChI=1S/C10H15N3O3S/c11-9-4-1-5-12-10(9)13-17(14,15)7-8-3-2-6-16-8/h1,4-5,8H,2-3,6-7,11H2,(H,12,13). The fraction of sp³-hybridized carbons (Fsp3) is 0.500. The van der Waals surface area contributed by atoms with Gasteiger partial charge in [-0.15, -0.1) is 0 Å². The van der Waals surface area contributed by atoms with Crippen LogP contribution in [0.2, 0.25) is 0 Å². The highest BCUT2D eigenvalue weighted by Crippen LogP contribution is 2.18. The van der Waals surface area contributed by atoms with Gasteiger partial charge in [0.05, 0.1) is 17.5 Å². The zero-order chi connectivity index (χ0) is 12.3. The number of rotatable bonds is 4. The molecular weight excluding hydrogens is 242 g/mol. The highest BCUT2D eigenvalue weighted by Gasteiger charge is 2.23. The monoisotopic (exact) mass is 257 g/mol. The molecule has 0 spiro atoms. The molecule has 2 rings (SSSR count). The fourth-order valence-electron chi connectivity index (χ4n) is 1.71. The summed E-state index contributed by atoms with van der Waals surface area (Å²) in [5.41, 5.74) is 5.92. The van der Waals surface area contributed by atoms with Crippen LogP contribution in [0.25, 0.3) is 0 Å². The second-order valence-corrected chi connectivity index (χ2v) is 5.73. The van der Waals surface area contributed by atoms with E-state index in [2.05, 4.69) is 9.71 Å². The van der Waals surface area contributed by atoms with Gasteiger partial charge in [-0.05, 0) is 25.0 Å². The quantitative estimate of drug-likeness (QED) is 0.823. The average Bonchev–Trinajstić information content (AvgIpc) is 2.73. The van der Waals surface area contributed by atoms with Gasteiger partial charge in [-0.25, -0.2) is 13.4 Å². The van der Waals surface area contributed by atoms with Crippen LogP contribution in [-0.4, -0.2) is 31.9 Å². The Morgan fingerprint density at radius 2 is 2.41 bits per heavy atom. The number of nitrogens with two attached hydrogens (primary N) is 1. The van der Waals surface area contributed by atoms with Gasteiger partial charge < -0.3 is 10.5 Å². The van der Waals surface area contributed by atoms with Gasteiger partial charge in [-0.1, -0.05) is 0 Å². The minimum Gasteiger partial charge on any atom is -0.396 e. The number of ether oxygens (including phenoxy) is 1. The third-order valence-corrected chi connectivity index (χ3v) is 3.84. The number of hydrogen-bond donors (Lipinski definition) is 2. The van der Waals surface area contributed by atoms with Crippen LogP contribution in [0.1, 0.15) is 12.8 Å². The van der Waals surface area contributed by atoms with Gasteiger partial charge in [0.15, 0.2) is 5.82 Å². The van der Waals surface area contributed by atoms with E-state index in [1.807, 2.05) is 0 Å². The zero-order valence-corrected chi connectivity index (χ0v) is 10.1. The minimum absolute atomic E-state index is 0.0526. The normalized spacial score (nSPS) is 20.4. The summed E-state index contributed by atoms with van der Waals surface area (Å²) in [6, 6.07) is 3.24. The summed E-state index contributed by atoms with van der Waals surface area (Å²) in [6.45, 7) is 0.631. The van der Waals surface area contributed by atoms with Gasteiger partial charge in [-0.2, -0.15) is 0 Å². The van der Waals surface area contributed by atoms with Crippen LogP contribution in [-0.2, 0) is 14.8 Å². The van der Waals surface area contributed by atoms with Crippen molar-refractivity contribution in [3.63, 3.8) is 0 Å². The highest BCUT2D eigenvalue weighted by atomic mass is 32.2. The van der Waals surface area contributed by atoms with Gasteiger partial charge >= 0.3 is 0 Å². The summed E-state index contributed by atoms with van der Waals surface area (Å²) in [4.78, 5) is 3.88. The molecule has 1 aliphatic heterocycles. The van der Waals surface area contributed by atoms with E-state index in [9.17, 15) is 8.42 Å². The number of aromatic nitrogens is 1. The maximum atomic E-state index is 11.8. The predicted octanol–water partition coefficient (Wildman–Crippen LogP) is 0.584. The lowest BCUT2D eigenvalue weighted by Gasteiger charge is -2.12. The molecule has 0 aromatic carbocycles. The molecule has 94 valence electrons. The van der Waals surface area contributed by atoms with E-state index in [-0.39, 0.29) is 17.7 Å². The Morgan fingerprint density at radius 1 is 1.59 bits per heavy atom. The molecule has 0 saturated carbocycles. The highest BCUT2D eigenvalue weighted by molar-refractivity contribution is 7.92. The zero-order valence-electron chi connectivity index (χ0n) is 9.30. The summed E-state index contributed by atoms with van der Waals surface area (Å²) in [7, 11) is -3.46. The van der Waals surface area contributed by atoms with Gasteiger partial charge in [0.1, 0.15) is 0 Å². The molecule has 1 saturated heterocycles. The third kappa shape index (κ3) is 3.31. The smallest absolute Gasteiger partial charge is 0.236 e. The molecule has 0 amide bonds. The topological polar surface area (TPSA) is 94.3 Å². The van der Waals surface area contributed by atoms with Crippen LogP contribution in [0.3, 0.4) is 0 Å². The van der Waals surface area contributed by atoms with Crippen molar-refractivity contribution < 1.29 is 13.2 Å². The number of sulfonamides is 1. The lowest BCUT2D eigenvalue weighted by atomic mass is 10.3. The molecule has 1 aliphatic rings. The summed E-state index contributed by atoms with van der Waals surface area (Å²) >= 11 is 0. The maximum absolute atomic E-state index is 11.8. The molecule has 2 heterocycles. The molecule has 17 heavy (non-hydrogen) atoms. The van der Waals surface area contributed by atoms with E-state index >= 15 is 0 Å². The Balaban J connectivity index is 2.04. The Kier molecular flexibility index (Phi) is 3.49. The first-order valence-corrected chi connectivity index (χ1v) is 7.05. The molecule has 7 heteroatoms. The van der Waals surface area contributed by atoms with E-state index < -0.39 is 10.0 Å². The number of hydrogen-bond acceptors (Lipinski definition) is 5. The van der Waals surface area contributed by atoms with Crippen LogP contribution in [0.4, 0.5) is 11.5 Å². The Morgan fingerprint density at radius 3 is 3.06 bits per heavy atom. The first-order valence-electron chi connectivity index (χ1n) is 5.39. The molecule has 0 radical (unpaired) electrons. The lowest BCUT2D eigenvalue weighted by Crippen LogP contribution is -2.26. The molecule has 1 unspecified atom stereocenters. The lowest BCUT2D eigenvalue weighted by molar-refractivity contribution is 0.127. The average molecular weight is 257 g/mol. The van der Waals surface area contributed by atoms with E-state index in [1.54, 1.807) is 12.1 Å². The number of nitrogens with zero attached hydrogens (tertiary/aromatic N) is 1. The first-order chi connectivity index (χ1) is 8.07. The predicted molar refractivity (Wildman–Crippen MR) is 65.0 cm³/mol. The van der Waals surface area contributed by atoms with Crippen LogP contribution in [0.15, 0.2) is 18.3 Å². The Hall–Kier alpha value is -1.34. The number of pyridine rings is 1. The van der Waals surface area contributed by atoms with Crippen LogP contribution < -0.4 is 10.5 Å². The second-order valence-electron chi connectivity index (χ2n) is 3.96. The second kappa shape index (κ2) is 4.89. The third-order valence-electron chi connectivity index (χ3n) is 2.52. The van der Waals surface area contributed by atoms with Crippen molar-refractivity contribution in [1.29, 1.82) is 0 Å². The molecule has 1 aromatic heterocycles. The Bertz CT molecular complexity index is 483. The van der Waals surface area contributed by atoms with E-state index in [0.29, 0.717) is 12.3 Å². The van der Waals surface area contributed by atoms with Crippen LogP contribution in [0, 0.1) is 0 Å². The summed E-state index contributed by atoms with van der Waals surface area (Å²) in [5.74, 6) is 0.119. The number of anilines is 2. The number of nitrogens with one attached hydrogen (secondary N) is 1. The molecule has 6 nitrogen and oxygen atoms in total. The molecule has 1 fully saturated rings. The maximum Gasteiger partial charge on any atom is 0.236 e. The van der Waals surface area contributed by atoms with Gasteiger partial charge in [0, 0.05) is 12.8 Å².